The molecule has 4 aromatic carbocycles. The zero-order chi connectivity index (χ0) is 21.1. The Morgan fingerprint density at radius 2 is 1.60 bits per heavy atom. The molecule has 0 bridgehead atoms. The van der Waals surface area contributed by atoms with Crippen molar-refractivity contribution in [1.82, 2.24) is 0 Å². The molecule has 0 saturated heterocycles. The van der Waals surface area contributed by atoms with E-state index in [0.29, 0.717) is 22.4 Å². The van der Waals surface area contributed by atoms with Crippen LogP contribution in [0.2, 0.25) is 10.0 Å². The lowest BCUT2D eigenvalue weighted by Gasteiger charge is -2.12. The van der Waals surface area contributed by atoms with Gasteiger partial charge in [0.1, 0.15) is 6.61 Å². The third-order valence-electron chi connectivity index (χ3n) is 4.99. The van der Waals surface area contributed by atoms with E-state index in [-0.39, 0.29) is 0 Å². The highest BCUT2D eigenvalue weighted by Gasteiger charge is 2.11. The quantitative estimate of drug-likeness (QED) is 0.291. The van der Waals surface area contributed by atoms with E-state index in [1.165, 1.54) is 10.9 Å². The van der Waals surface area contributed by atoms with Gasteiger partial charge in [0.25, 0.3) is 0 Å². The normalized spacial score (nSPS) is 11.3. The van der Waals surface area contributed by atoms with Gasteiger partial charge in [-0.2, -0.15) is 0 Å². The van der Waals surface area contributed by atoms with Gasteiger partial charge in [-0.3, -0.25) is 4.99 Å². The first-order valence-electron chi connectivity index (χ1n) is 9.71. The van der Waals surface area contributed by atoms with Crippen LogP contribution in [0.25, 0.3) is 10.8 Å². The Labute approximate surface area is 186 Å². The van der Waals surface area contributed by atoms with Gasteiger partial charge < -0.3 is 4.74 Å². The number of fused-ring (bicyclic) bond motifs is 1. The fraction of sp³-hybridized carbons (Fsp3) is 0.115. The molecular weight excluding hydrogens is 413 g/mol. The summed E-state index contributed by atoms with van der Waals surface area (Å²) in [7, 11) is 0. The first kappa shape index (κ1) is 20.5. The lowest BCUT2D eigenvalue weighted by Crippen LogP contribution is -1.98. The lowest BCUT2D eigenvalue weighted by atomic mass is 10.1. The second-order valence-electron chi connectivity index (χ2n) is 7.29. The summed E-state index contributed by atoms with van der Waals surface area (Å²) in [4.78, 5) is 4.59. The van der Waals surface area contributed by atoms with Crippen molar-refractivity contribution in [2.24, 2.45) is 4.99 Å². The van der Waals surface area contributed by atoms with E-state index in [9.17, 15) is 0 Å². The predicted octanol–water partition coefficient (Wildman–Crippen LogP) is 8.09. The number of ether oxygens (including phenoxy) is 1. The first-order chi connectivity index (χ1) is 14.5. The number of aryl methyl sites for hydroxylation is 2. The van der Waals surface area contributed by atoms with Crippen molar-refractivity contribution in [3.05, 3.63) is 105 Å². The topological polar surface area (TPSA) is 21.6 Å². The van der Waals surface area contributed by atoms with Gasteiger partial charge >= 0.3 is 0 Å². The summed E-state index contributed by atoms with van der Waals surface area (Å²) < 4.78 is 6.01. The minimum absolute atomic E-state index is 0.386. The third-order valence-corrected chi connectivity index (χ3v) is 5.55. The molecular formula is C26H21Cl2NO. The molecule has 0 aliphatic rings. The predicted molar refractivity (Wildman–Crippen MR) is 128 cm³/mol. The van der Waals surface area contributed by atoms with Crippen molar-refractivity contribution in [1.29, 1.82) is 0 Å². The molecule has 0 saturated carbocycles. The maximum Gasteiger partial charge on any atom is 0.157 e. The zero-order valence-corrected chi connectivity index (χ0v) is 18.3. The van der Waals surface area contributed by atoms with Gasteiger partial charge in [0.2, 0.25) is 0 Å². The highest BCUT2D eigenvalue weighted by atomic mass is 35.5. The summed E-state index contributed by atoms with van der Waals surface area (Å²) >= 11 is 13.0. The summed E-state index contributed by atoms with van der Waals surface area (Å²) in [6.45, 7) is 4.47. The average molecular weight is 434 g/mol. The smallest absolute Gasteiger partial charge is 0.157 e. The molecule has 0 aromatic heterocycles. The minimum atomic E-state index is 0.386. The van der Waals surface area contributed by atoms with Crippen LogP contribution in [0.4, 0.5) is 5.69 Å². The van der Waals surface area contributed by atoms with Crippen LogP contribution in [0.1, 0.15) is 22.3 Å². The maximum absolute atomic E-state index is 6.49. The highest BCUT2D eigenvalue weighted by molar-refractivity contribution is 6.37. The van der Waals surface area contributed by atoms with Crippen LogP contribution in [-0.2, 0) is 6.61 Å². The van der Waals surface area contributed by atoms with Crippen LogP contribution in [0.15, 0.2) is 77.8 Å². The molecule has 4 rings (SSSR count). The second kappa shape index (κ2) is 8.91. The molecule has 0 aliphatic carbocycles. The number of nitrogens with zero attached hydrogens (tertiary/aromatic N) is 1. The zero-order valence-electron chi connectivity index (χ0n) is 16.8. The van der Waals surface area contributed by atoms with Crippen molar-refractivity contribution in [3.8, 4) is 5.75 Å². The number of rotatable bonds is 5. The average Bonchev–Trinajstić information content (AvgIpc) is 2.74. The summed E-state index contributed by atoms with van der Waals surface area (Å²) in [5.74, 6) is 0.482. The summed E-state index contributed by atoms with van der Waals surface area (Å²) in [6, 6.07) is 24.2. The number of hydrogen-bond donors (Lipinski definition) is 0. The van der Waals surface area contributed by atoms with Gasteiger partial charge in [0.05, 0.1) is 15.7 Å². The van der Waals surface area contributed by atoms with Crippen LogP contribution in [0.3, 0.4) is 0 Å². The Bertz CT molecular complexity index is 1220. The van der Waals surface area contributed by atoms with Crippen molar-refractivity contribution in [2.45, 2.75) is 20.5 Å². The molecule has 0 spiro atoms. The van der Waals surface area contributed by atoms with E-state index >= 15 is 0 Å². The fourth-order valence-corrected chi connectivity index (χ4v) is 3.98. The Kier molecular flexibility index (Phi) is 6.08. The van der Waals surface area contributed by atoms with E-state index in [1.807, 2.05) is 44.2 Å². The van der Waals surface area contributed by atoms with E-state index in [0.717, 1.165) is 27.8 Å². The van der Waals surface area contributed by atoms with Crippen LogP contribution in [0.5, 0.6) is 5.75 Å². The van der Waals surface area contributed by atoms with Crippen LogP contribution in [0, 0.1) is 13.8 Å². The van der Waals surface area contributed by atoms with E-state index < -0.39 is 0 Å². The van der Waals surface area contributed by atoms with E-state index in [1.54, 1.807) is 6.21 Å². The van der Waals surface area contributed by atoms with Crippen LogP contribution in [-0.4, -0.2) is 6.21 Å². The highest BCUT2D eigenvalue weighted by Crippen LogP contribution is 2.35. The molecule has 0 unspecified atom stereocenters. The molecule has 4 aromatic rings. The molecule has 0 radical (unpaired) electrons. The number of hydrogen-bond acceptors (Lipinski definition) is 2. The van der Waals surface area contributed by atoms with Crippen molar-refractivity contribution in [3.63, 3.8) is 0 Å². The van der Waals surface area contributed by atoms with Crippen LogP contribution >= 0.6 is 23.2 Å². The monoisotopic (exact) mass is 433 g/mol. The third kappa shape index (κ3) is 4.51. The molecule has 30 heavy (non-hydrogen) atoms. The van der Waals surface area contributed by atoms with E-state index in [2.05, 4.69) is 47.5 Å². The van der Waals surface area contributed by atoms with Gasteiger partial charge in [-0.1, -0.05) is 77.8 Å². The molecule has 0 fully saturated rings. The van der Waals surface area contributed by atoms with Crippen molar-refractivity contribution >= 4 is 45.9 Å². The maximum atomic E-state index is 6.49. The summed E-state index contributed by atoms with van der Waals surface area (Å²) in [5, 5.41) is 3.26. The molecule has 0 amide bonds. The van der Waals surface area contributed by atoms with Crippen molar-refractivity contribution < 1.29 is 4.74 Å². The molecule has 0 N–H and O–H groups in total. The first-order valence-corrected chi connectivity index (χ1v) is 10.5. The standard InChI is InChI=1S/C26H21Cl2NO/c1-17-10-11-18(2)25(12-17)29-15-19-13-23(27)26(24(28)14-19)30-16-21-8-5-7-20-6-3-4-9-22(20)21/h3-15H,16H2,1-2H3. The molecule has 0 atom stereocenters. The van der Waals surface area contributed by atoms with Gasteiger partial charge in [0, 0.05) is 6.21 Å². The summed E-state index contributed by atoms with van der Waals surface area (Å²) in [6.07, 6.45) is 1.77. The Morgan fingerprint density at radius 1 is 0.867 bits per heavy atom. The minimum Gasteiger partial charge on any atom is -0.486 e. The van der Waals surface area contributed by atoms with Crippen molar-refractivity contribution in [2.75, 3.05) is 0 Å². The number of halogens is 2. The molecule has 4 heteroatoms. The molecule has 0 aliphatic heterocycles. The molecule has 2 nitrogen and oxygen atoms in total. The van der Waals surface area contributed by atoms with Gasteiger partial charge in [-0.05, 0) is 65.1 Å². The van der Waals surface area contributed by atoms with Gasteiger partial charge in [-0.25, -0.2) is 0 Å². The summed E-state index contributed by atoms with van der Waals surface area (Å²) in [5.41, 5.74) is 5.12. The number of aliphatic imine (C=N–C) groups is 1. The Hall–Kier alpha value is -2.81. The second-order valence-corrected chi connectivity index (χ2v) is 8.10. The molecule has 150 valence electrons. The van der Waals surface area contributed by atoms with Crippen LogP contribution < -0.4 is 4.74 Å². The Balaban J connectivity index is 1.55. The Morgan fingerprint density at radius 3 is 2.40 bits per heavy atom. The number of benzene rings is 4. The van der Waals surface area contributed by atoms with E-state index in [4.69, 9.17) is 27.9 Å². The lowest BCUT2D eigenvalue weighted by molar-refractivity contribution is 0.308. The van der Waals surface area contributed by atoms with Gasteiger partial charge in [-0.15, -0.1) is 0 Å². The largest absolute Gasteiger partial charge is 0.486 e. The fourth-order valence-electron chi connectivity index (χ4n) is 3.36. The molecule has 0 heterocycles. The SMILES string of the molecule is Cc1ccc(C)c(N=Cc2cc(Cl)c(OCc3cccc4ccccc34)c(Cl)c2)c1. The van der Waals surface area contributed by atoms with Gasteiger partial charge in [0.15, 0.2) is 5.75 Å².